The molecular formula is C33H42N2O6S. The minimum absolute atomic E-state index is 0.0421. The van der Waals surface area contributed by atoms with Gasteiger partial charge < -0.3 is 14.0 Å². The van der Waals surface area contributed by atoms with Crippen molar-refractivity contribution in [3.05, 3.63) is 82.4 Å². The van der Waals surface area contributed by atoms with Gasteiger partial charge in [0.05, 0.1) is 12.8 Å². The molecule has 42 heavy (non-hydrogen) atoms. The van der Waals surface area contributed by atoms with Crippen LogP contribution in [0.2, 0.25) is 0 Å². The average Bonchev–Trinajstić information content (AvgIpc) is 2.88. The van der Waals surface area contributed by atoms with Crippen molar-refractivity contribution in [1.82, 2.24) is 5.43 Å². The van der Waals surface area contributed by atoms with Gasteiger partial charge in [-0.1, -0.05) is 71.4 Å². The molecule has 1 amide bonds. The number of benzene rings is 3. The molecule has 0 unspecified atom stereocenters. The van der Waals surface area contributed by atoms with Crippen LogP contribution in [0.25, 0.3) is 0 Å². The summed E-state index contributed by atoms with van der Waals surface area (Å²) in [6.07, 6.45) is 2.15. The standard InChI is InChI=1S/C33H42N2O6S/c1-9-40-29-20-24(12-16-28(29)41-42(38,39)25-14-10-22(2)11-15-25)21-34-35-30(36)17-13-23-18-26(32(3,4)5)31(37)27(19-23)33(6,7)8/h10-12,14-16,18-21,37H,9,13,17H2,1-8H3,(H,35,36)/b34-21-. The fourth-order valence-electron chi connectivity index (χ4n) is 4.29. The Balaban J connectivity index is 1.69. The summed E-state index contributed by atoms with van der Waals surface area (Å²) in [7, 11) is -4.05. The lowest BCUT2D eigenvalue weighted by molar-refractivity contribution is -0.121. The van der Waals surface area contributed by atoms with E-state index in [9.17, 15) is 18.3 Å². The predicted molar refractivity (Wildman–Crippen MR) is 166 cm³/mol. The first-order chi connectivity index (χ1) is 19.5. The minimum atomic E-state index is -4.05. The third-order valence-corrected chi connectivity index (χ3v) is 7.85. The van der Waals surface area contributed by atoms with E-state index in [1.54, 1.807) is 31.2 Å². The Hall–Kier alpha value is -3.85. The molecule has 0 saturated carbocycles. The van der Waals surface area contributed by atoms with Crippen molar-refractivity contribution in [2.45, 2.75) is 84.0 Å². The molecule has 0 radical (unpaired) electrons. The molecule has 0 aliphatic rings. The molecule has 3 rings (SSSR count). The fraction of sp³-hybridized carbons (Fsp3) is 0.394. The highest BCUT2D eigenvalue weighted by molar-refractivity contribution is 7.87. The number of carbonyl (C=O) groups excluding carboxylic acids is 1. The number of phenolic OH excluding ortho intramolecular Hbond substituents is 1. The average molecular weight is 595 g/mol. The van der Waals surface area contributed by atoms with Gasteiger partial charge >= 0.3 is 10.1 Å². The first-order valence-corrected chi connectivity index (χ1v) is 15.4. The Morgan fingerprint density at radius 3 is 2.07 bits per heavy atom. The Morgan fingerprint density at radius 2 is 1.52 bits per heavy atom. The Bertz CT molecular complexity index is 1510. The van der Waals surface area contributed by atoms with Gasteiger partial charge in [0.1, 0.15) is 10.6 Å². The van der Waals surface area contributed by atoms with E-state index in [1.165, 1.54) is 24.4 Å². The summed E-state index contributed by atoms with van der Waals surface area (Å²) in [6, 6.07) is 15.0. The smallest absolute Gasteiger partial charge is 0.339 e. The van der Waals surface area contributed by atoms with Gasteiger partial charge in [0.15, 0.2) is 11.5 Å². The molecule has 0 heterocycles. The van der Waals surface area contributed by atoms with Gasteiger partial charge in [-0.05, 0) is 83.7 Å². The molecular weight excluding hydrogens is 552 g/mol. The van der Waals surface area contributed by atoms with Gasteiger partial charge in [0, 0.05) is 6.42 Å². The first-order valence-electron chi connectivity index (χ1n) is 14.0. The van der Waals surface area contributed by atoms with Crippen LogP contribution in [0.3, 0.4) is 0 Å². The van der Waals surface area contributed by atoms with Crippen LogP contribution in [0, 0.1) is 6.92 Å². The van der Waals surface area contributed by atoms with Crippen LogP contribution in [0.1, 0.15) is 82.7 Å². The molecule has 0 bridgehead atoms. The van der Waals surface area contributed by atoms with E-state index in [0.29, 0.717) is 24.3 Å². The number of hydrogen-bond donors (Lipinski definition) is 2. The number of aryl methyl sites for hydroxylation is 2. The van der Waals surface area contributed by atoms with Crippen LogP contribution in [-0.2, 0) is 32.2 Å². The van der Waals surface area contributed by atoms with Crippen molar-refractivity contribution in [1.29, 1.82) is 0 Å². The summed E-state index contributed by atoms with van der Waals surface area (Å²) in [5.74, 6) is 0.336. The fourth-order valence-corrected chi connectivity index (χ4v) is 5.23. The van der Waals surface area contributed by atoms with Gasteiger partial charge in [-0.25, -0.2) is 5.43 Å². The number of ether oxygens (including phenoxy) is 1. The molecule has 0 fully saturated rings. The second-order valence-electron chi connectivity index (χ2n) is 12.3. The monoisotopic (exact) mass is 594 g/mol. The number of nitrogens with zero attached hydrogens (tertiary/aromatic N) is 1. The number of carbonyl (C=O) groups is 1. The zero-order valence-electron chi connectivity index (χ0n) is 25.7. The second-order valence-corrected chi connectivity index (χ2v) is 13.9. The number of amides is 1. The van der Waals surface area contributed by atoms with E-state index in [4.69, 9.17) is 8.92 Å². The minimum Gasteiger partial charge on any atom is -0.507 e. The van der Waals surface area contributed by atoms with Gasteiger partial charge in [-0.15, -0.1) is 0 Å². The van der Waals surface area contributed by atoms with Gasteiger partial charge in [0.2, 0.25) is 5.91 Å². The van der Waals surface area contributed by atoms with Crippen molar-refractivity contribution in [3.8, 4) is 17.2 Å². The quantitative estimate of drug-likeness (QED) is 0.156. The highest BCUT2D eigenvalue weighted by atomic mass is 32.2. The molecule has 0 saturated heterocycles. The van der Waals surface area contributed by atoms with E-state index < -0.39 is 10.1 Å². The number of nitrogens with one attached hydrogen (secondary N) is 1. The number of rotatable bonds is 10. The Morgan fingerprint density at radius 1 is 0.929 bits per heavy atom. The Labute approximate surface area is 249 Å². The lowest BCUT2D eigenvalue weighted by atomic mass is 9.78. The lowest BCUT2D eigenvalue weighted by Crippen LogP contribution is -2.20. The zero-order valence-corrected chi connectivity index (χ0v) is 26.6. The van der Waals surface area contributed by atoms with E-state index in [2.05, 4.69) is 52.1 Å². The van der Waals surface area contributed by atoms with Crippen LogP contribution in [0.15, 0.2) is 64.6 Å². The van der Waals surface area contributed by atoms with Gasteiger partial charge in [-0.3, -0.25) is 4.79 Å². The molecule has 3 aromatic carbocycles. The van der Waals surface area contributed by atoms with Crippen molar-refractivity contribution in [2.24, 2.45) is 5.10 Å². The summed E-state index contributed by atoms with van der Waals surface area (Å²) in [5.41, 5.74) is 6.24. The van der Waals surface area contributed by atoms with E-state index in [-0.39, 0.29) is 39.6 Å². The molecule has 226 valence electrons. The maximum Gasteiger partial charge on any atom is 0.339 e. The second kappa shape index (κ2) is 13.0. The molecule has 2 N–H and O–H groups in total. The Kier molecular flexibility index (Phi) is 10.1. The van der Waals surface area contributed by atoms with Crippen molar-refractivity contribution in [2.75, 3.05) is 6.61 Å². The van der Waals surface area contributed by atoms with Crippen LogP contribution in [-0.4, -0.2) is 32.3 Å². The van der Waals surface area contributed by atoms with E-state index >= 15 is 0 Å². The predicted octanol–water partition coefficient (Wildman–Crippen LogP) is 6.54. The third-order valence-electron chi connectivity index (χ3n) is 6.61. The summed E-state index contributed by atoms with van der Waals surface area (Å²) < 4.78 is 36.5. The number of aromatic hydroxyl groups is 1. The molecule has 8 nitrogen and oxygen atoms in total. The third kappa shape index (κ3) is 8.58. The highest BCUT2D eigenvalue weighted by Gasteiger charge is 2.26. The zero-order chi connectivity index (χ0) is 31.3. The van der Waals surface area contributed by atoms with Crippen molar-refractivity contribution < 1.29 is 27.2 Å². The maximum absolute atomic E-state index is 12.8. The molecule has 0 atom stereocenters. The van der Waals surface area contributed by atoms with E-state index in [0.717, 1.165) is 22.3 Å². The summed E-state index contributed by atoms with van der Waals surface area (Å²) in [6.45, 7) is 16.3. The normalized spacial score (nSPS) is 12.4. The van der Waals surface area contributed by atoms with Crippen molar-refractivity contribution >= 4 is 22.2 Å². The SMILES string of the molecule is CCOc1cc(/C=N\NC(=O)CCc2cc(C(C)(C)C)c(O)c(C(C)(C)C)c2)ccc1OS(=O)(=O)c1ccc(C)cc1. The van der Waals surface area contributed by atoms with Crippen LogP contribution < -0.4 is 14.3 Å². The molecule has 9 heteroatoms. The van der Waals surface area contributed by atoms with Crippen LogP contribution in [0.5, 0.6) is 17.2 Å². The molecule has 0 aromatic heterocycles. The molecule has 3 aromatic rings. The number of phenols is 1. The summed E-state index contributed by atoms with van der Waals surface area (Å²) >= 11 is 0. The van der Waals surface area contributed by atoms with Crippen molar-refractivity contribution in [3.63, 3.8) is 0 Å². The number of hydrazone groups is 1. The molecule has 0 aliphatic carbocycles. The lowest BCUT2D eigenvalue weighted by Gasteiger charge is -2.28. The maximum atomic E-state index is 12.8. The molecule has 0 spiro atoms. The van der Waals surface area contributed by atoms with Gasteiger partial charge in [0.25, 0.3) is 0 Å². The van der Waals surface area contributed by atoms with Crippen LogP contribution >= 0.6 is 0 Å². The summed E-state index contributed by atoms with van der Waals surface area (Å²) in [4.78, 5) is 12.6. The molecule has 0 aliphatic heterocycles. The highest BCUT2D eigenvalue weighted by Crippen LogP contribution is 2.40. The largest absolute Gasteiger partial charge is 0.507 e. The topological polar surface area (TPSA) is 114 Å². The number of hydrogen-bond acceptors (Lipinski definition) is 7. The van der Waals surface area contributed by atoms with Crippen LogP contribution in [0.4, 0.5) is 0 Å². The summed E-state index contributed by atoms with van der Waals surface area (Å²) in [5, 5.41) is 15.0. The first kappa shape index (κ1) is 32.7. The van der Waals surface area contributed by atoms with E-state index in [1.807, 2.05) is 19.1 Å². The van der Waals surface area contributed by atoms with Gasteiger partial charge in [-0.2, -0.15) is 13.5 Å².